The fourth-order valence-corrected chi connectivity index (χ4v) is 2.55. The van der Waals surface area contributed by atoms with Gasteiger partial charge < -0.3 is 15.3 Å². The summed E-state index contributed by atoms with van der Waals surface area (Å²) in [6.07, 6.45) is 0.0844. The van der Waals surface area contributed by atoms with Crippen molar-refractivity contribution in [3.63, 3.8) is 0 Å². The number of benzene rings is 2. The van der Waals surface area contributed by atoms with Crippen LogP contribution in [0.25, 0.3) is 0 Å². The third-order valence-electron chi connectivity index (χ3n) is 3.52. The van der Waals surface area contributed by atoms with Crippen molar-refractivity contribution >= 4 is 5.78 Å². The highest BCUT2D eigenvalue weighted by molar-refractivity contribution is 5.98. The van der Waals surface area contributed by atoms with Crippen molar-refractivity contribution in [1.82, 2.24) is 0 Å². The zero-order valence-electron chi connectivity index (χ0n) is 10.00. The first-order chi connectivity index (χ1) is 9.01. The maximum atomic E-state index is 12.2. The number of hydrogen-bond donors (Lipinski definition) is 3. The molecule has 0 fully saturated rings. The van der Waals surface area contributed by atoms with Crippen molar-refractivity contribution in [3.05, 3.63) is 59.2 Å². The van der Waals surface area contributed by atoms with E-state index in [9.17, 15) is 20.1 Å². The third-order valence-corrected chi connectivity index (χ3v) is 3.52. The van der Waals surface area contributed by atoms with Crippen LogP contribution in [0.2, 0.25) is 0 Å². The maximum absolute atomic E-state index is 12.2. The summed E-state index contributed by atoms with van der Waals surface area (Å²) in [5, 5.41) is 29.5. The second-order valence-electron chi connectivity index (χ2n) is 4.70. The number of phenols is 2. The van der Waals surface area contributed by atoms with Crippen LogP contribution in [-0.2, 0) is 16.8 Å². The van der Waals surface area contributed by atoms with Crippen LogP contribution in [0.3, 0.4) is 0 Å². The Hall–Kier alpha value is -2.33. The summed E-state index contributed by atoms with van der Waals surface area (Å²) in [5.41, 5.74) is -0.169. The van der Waals surface area contributed by atoms with E-state index < -0.39 is 5.60 Å². The molecule has 3 rings (SSSR count). The summed E-state index contributed by atoms with van der Waals surface area (Å²) in [7, 11) is 0. The van der Waals surface area contributed by atoms with E-state index in [0.29, 0.717) is 16.7 Å². The number of rotatable bonds is 1. The normalized spacial score (nSPS) is 21.4. The minimum Gasteiger partial charge on any atom is -0.508 e. The van der Waals surface area contributed by atoms with Crippen LogP contribution < -0.4 is 0 Å². The number of carbonyl (C=O) groups excluding carboxylic acids is 1. The van der Waals surface area contributed by atoms with Gasteiger partial charge in [0.25, 0.3) is 0 Å². The van der Waals surface area contributed by atoms with Gasteiger partial charge in [-0.05, 0) is 41.0 Å². The molecule has 0 radical (unpaired) electrons. The van der Waals surface area contributed by atoms with Gasteiger partial charge in [-0.1, -0.05) is 18.2 Å². The molecule has 0 saturated heterocycles. The third kappa shape index (κ3) is 1.61. The van der Waals surface area contributed by atoms with Gasteiger partial charge in [0.05, 0.1) is 0 Å². The van der Waals surface area contributed by atoms with E-state index in [1.165, 1.54) is 36.4 Å². The molecule has 2 aromatic rings. The van der Waals surface area contributed by atoms with Crippen molar-refractivity contribution in [2.45, 2.75) is 12.0 Å². The lowest BCUT2D eigenvalue weighted by atomic mass is 9.87. The van der Waals surface area contributed by atoms with E-state index in [2.05, 4.69) is 0 Å². The second-order valence-corrected chi connectivity index (χ2v) is 4.70. The first-order valence-electron chi connectivity index (χ1n) is 5.89. The number of phenolic OH excluding ortho intramolecular Hbond substituents is 2. The maximum Gasteiger partial charge on any atom is 0.177 e. The van der Waals surface area contributed by atoms with Gasteiger partial charge >= 0.3 is 0 Å². The van der Waals surface area contributed by atoms with E-state index in [1.54, 1.807) is 6.07 Å². The summed E-state index contributed by atoms with van der Waals surface area (Å²) in [6.45, 7) is 0. The van der Waals surface area contributed by atoms with Gasteiger partial charge in [-0.2, -0.15) is 0 Å². The fourth-order valence-electron chi connectivity index (χ4n) is 2.55. The van der Waals surface area contributed by atoms with Gasteiger partial charge in [0.1, 0.15) is 11.5 Å². The Bertz CT molecular complexity index is 660. The van der Waals surface area contributed by atoms with Gasteiger partial charge in [0.2, 0.25) is 0 Å². The number of Topliss-reactive ketones (excluding diaryl/α,β-unsaturated/α-hetero) is 1. The lowest BCUT2D eigenvalue weighted by molar-refractivity contribution is -0.131. The van der Waals surface area contributed by atoms with Gasteiger partial charge in [-0.25, -0.2) is 0 Å². The molecular formula is C15H12O4. The summed E-state index contributed by atoms with van der Waals surface area (Å²) >= 11 is 0. The molecule has 0 spiro atoms. The Labute approximate surface area is 109 Å². The summed E-state index contributed by atoms with van der Waals surface area (Å²) in [5.74, 6) is -0.191. The number of ketones is 1. The zero-order chi connectivity index (χ0) is 13.6. The highest BCUT2D eigenvalue weighted by Gasteiger charge is 2.46. The van der Waals surface area contributed by atoms with E-state index in [0.717, 1.165) is 0 Å². The molecule has 1 aliphatic rings. The first-order valence-corrected chi connectivity index (χ1v) is 5.89. The molecule has 0 aromatic heterocycles. The molecule has 0 heterocycles. The molecule has 19 heavy (non-hydrogen) atoms. The van der Waals surface area contributed by atoms with Gasteiger partial charge in [0, 0.05) is 6.42 Å². The Morgan fingerprint density at radius 2 is 1.58 bits per heavy atom. The Kier molecular flexibility index (Phi) is 2.37. The highest BCUT2D eigenvalue weighted by Crippen LogP contribution is 2.41. The molecule has 96 valence electrons. The second kappa shape index (κ2) is 3.83. The Morgan fingerprint density at radius 3 is 2.26 bits per heavy atom. The number of carbonyl (C=O) groups is 1. The molecule has 0 saturated carbocycles. The number of aromatic hydroxyl groups is 2. The predicted octanol–water partition coefficient (Wildman–Crippen LogP) is 1.46. The average Bonchev–Trinajstić information content (AvgIpc) is 2.62. The number of hydrogen-bond acceptors (Lipinski definition) is 4. The molecule has 4 heteroatoms. The minimum absolute atomic E-state index is 0.0708. The van der Waals surface area contributed by atoms with Crippen LogP contribution in [0.1, 0.15) is 16.7 Å². The Balaban J connectivity index is 2.19. The fraction of sp³-hybridized carbons (Fsp3) is 0.133. The molecule has 4 nitrogen and oxygen atoms in total. The Morgan fingerprint density at radius 1 is 0.947 bits per heavy atom. The molecule has 0 aliphatic heterocycles. The van der Waals surface area contributed by atoms with Crippen LogP contribution in [0.15, 0.2) is 42.5 Å². The molecule has 1 aliphatic carbocycles. The topological polar surface area (TPSA) is 77.8 Å². The monoisotopic (exact) mass is 256 g/mol. The van der Waals surface area contributed by atoms with E-state index in [1.807, 2.05) is 0 Å². The summed E-state index contributed by atoms with van der Waals surface area (Å²) in [6, 6.07) is 10.4. The lowest BCUT2D eigenvalue weighted by Gasteiger charge is -2.23. The van der Waals surface area contributed by atoms with E-state index in [-0.39, 0.29) is 23.7 Å². The summed E-state index contributed by atoms with van der Waals surface area (Å²) < 4.78 is 0. The van der Waals surface area contributed by atoms with E-state index in [4.69, 9.17) is 0 Å². The standard InChI is InChI=1S/C15H12O4/c16-11-3-1-10(2-4-11)15(19)13-6-5-12(17)7-9(13)8-14(15)18/h1-7,16-17,19H,8H2. The van der Waals surface area contributed by atoms with Crippen molar-refractivity contribution < 1.29 is 20.1 Å². The van der Waals surface area contributed by atoms with Crippen molar-refractivity contribution in [1.29, 1.82) is 0 Å². The average molecular weight is 256 g/mol. The largest absolute Gasteiger partial charge is 0.508 e. The van der Waals surface area contributed by atoms with Crippen molar-refractivity contribution in [2.75, 3.05) is 0 Å². The molecule has 3 N–H and O–H groups in total. The van der Waals surface area contributed by atoms with Gasteiger partial charge in [-0.15, -0.1) is 0 Å². The molecule has 0 bridgehead atoms. The quantitative estimate of drug-likeness (QED) is 0.721. The summed E-state index contributed by atoms with van der Waals surface area (Å²) in [4.78, 5) is 12.2. The lowest BCUT2D eigenvalue weighted by Crippen LogP contribution is -2.32. The van der Waals surface area contributed by atoms with Gasteiger partial charge in [0.15, 0.2) is 11.4 Å². The first kappa shape index (κ1) is 11.7. The zero-order valence-corrected chi connectivity index (χ0v) is 10.00. The molecular weight excluding hydrogens is 244 g/mol. The molecule has 1 unspecified atom stereocenters. The van der Waals surface area contributed by atoms with Gasteiger partial charge in [-0.3, -0.25) is 4.79 Å². The van der Waals surface area contributed by atoms with E-state index >= 15 is 0 Å². The highest BCUT2D eigenvalue weighted by atomic mass is 16.3. The molecule has 0 amide bonds. The number of fused-ring (bicyclic) bond motifs is 1. The molecule has 1 atom stereocenters. The van der Waals surface area contributed by atoms with Crippen LogP contribution in [-0.4, -0.2) is 21.1 Å². The predicted molar refractivity (Wildman–Crippen MR) is 67.9 cm³/mol. The van der Waals surface area contributed by atoms with Crippen LogP contribution in [0, 0.1) is 0 Å². The van der Waals surface area contributed by atoms with Crippen LogP contribution in [0.4, 0.5) is 0 Å². The number of aliphatic hydroxyl groups is 1. The molecule has 2 aromatic carbocycles. The van der Waals surface area contributed by atoms with Crippen molar-refractivity contribution in [2.24, 2.45) is 0 Å². The SMILES string of the molecule is O=C1Cc2cc(O)ccc2C1(O)c1ccc(O)cc1. The van der Waals surface area contributed by atoms with Crippen molar-refractivity contribution in [3.8, 4) is 11.5 Å². The van der Waals surface area contributed by atoms with Crippen LogP contribution >= 0.6 is 0 Å². The van der Waals surface area contributed by atoms with Crippen LogP contribution in [0.5, 0.6) is 11.5 Å². The minimum atomic E-state index is -1.70. The smallest absolute Gasteiger partial charge is 0.177 e.